The molecule has 0 aliphatic carbocycles. The van der Waals surface area contributed by atoms with Crippen LogP contribution in [0.3, 0.4) is 0 Å². The van der Waals surface area contributed by atoms with E-state index in [4.69, 9.17) is 32.7 Å². The number of nitrogens with one attached hydrogen (secondary N) is 1. The minimum absolute atomic E-state index is 0.181. The van der Waals surface area contributed by atoms with Crippen molar-refractivity contribution in [2.24, 2.45) is 0 Å². The van der Waals surface area contributed by atoms with Crippen molar-refractivity contribution in [1.29, 1.82) is 0 Å². The Labute approximate surface area is 222 Å². The summed E-state index contributed by atoms with van der Waals surface area (Å²) in [6.45, 7) is 5.93. The Balaban J connectivity index is 1.37. The normalized spacial score (nSPS) is 13.8. The topological polar surface area (TPSA) is 54.0 Å². The molecule has 3 aromatic rings. The Morgan fingerprint density at radius 1 is 0.944 bits per heavy atom. The second kappa shape index (κ2) is 13.5. The van der Waals surface area contributed by atoms with Crippen LogP contribution < -0.4 is 10.1 Å². The third-order valence-corrected chi connectivity index (χ3v) is 6.75. The van der Waals surface area contributed by atoms with Gasteiger partial charge in [-0.1, -0.05) is 65.7 Å². The van der Waals surface area contributed by atoms with Gasteiger partial charge in [0.25, 0.3) is 0 Å². The molecule has 0 radical (unpaired) electrons. The van der Waals surface area contributed by atoms with Gasteiger partial charge in [-0.15, -0.1) is 0 Å². The molecule has 190 valence electrons. The first-order valence-electron chi connectivity index (χ1n) is 12.1. The summed E-state index contributed by atoms with van der Waals surface area (Å²) in [6.07, 6.45) is 0.868. The minimum atomic E-state index is -0.181. The van der Waals surface area contributed by atoms with Gasteiger partial charge in [-0.25, -0.2) is 4.79 Å². The number of hydrogen-bond acceptors (Lipinski definition) is 4. The van der Waals surface area contributed by atoms with Crippen molar-refractivity contribution in [3.63, 3.8) is 0 Å². The highest BCUT2D eigenvalue weighted by Crippen LogP contribution is 2.25. The molecule has 0 bridgehead atoms. The average Bonchev–Trinajstić information content (AvgIpc) is 2.91. The van der Waals surface area contributed by atoms with Gasteiger partial charge in [0.2, 0.25) is 0 Å². The molecular formula is C28H31Cl2N3O3. The molecule has 1 heterocycles. The zero-order valence-electron chi connectivity index (χ0n) is 20.2. The number of benzene rings is 3. The zero-order valence-corrected chi connectivity index (χ0v) is 21.7. The van der Waals surface area contributed by atoms with Gasteiger partial charge >= 0.3 is 6.03 Å². The van der Waals surface area contributed by atoms with Crippen LogP contribution in [0.25, 0.3) is 0 Å². The number of carbonyl (C=O) groups excluding carboxylic acids is 1. The quantitative estimate of drug-likeness (QED) is 0.334. The standard InChI is InChI=1S/C28H31Cl2N3O3/c29-26-12-9-24(19-27(26)30)31-28(34)33(14-4-13-32-15-17-35-18-16-32)20-22-7-10-25(11-8-22)36-21-23-5-2-1-3-6-23/h1-3,5-12,19H,4,13-18,20-21H2,(H,31,34). The number of halogens is 2. The highest BCUT2D eigenvalue weighted by atomic mass is 35.5. The maximum Gasteiger partial charge on any atom is 0.322 e. The Kier molecular flexibility index (Phi) is 9.87. The summed E-state index contributed by atoms with van der Waals surface area (Å²) in [6, 6.07) is 22.9. The van der Waals surface area contributed by atoms with E-state index in [0.29, 0.717) is 35.4 Å². The van der Waals surface area contributed by atoms with E-state index >= 15 is 0 Å². The summed E-state index contributed by atoms with van der Waals surface area (Å²) in [4.78, 5) is 17.4. The largest absolute Gasteiger partial charge is 0.489 e. The molecule has 8 heteroatoms. The first kappa shape index (κ1) is 26.3. The Morgan fingerprint density at radius 3 is 2.42 bits per heavy atom. The lowest BCUT2D eigenvalue weighted by atomic mass is 10.2. The number of amides is 2. The van der Waals surface area contributed by atoms with Crippen molar-refractivity contribution >= 4 is 34.9 Å². The van der Waals surface area contributed by atoms with E-state index in [-0.39, 0.29) is 6.03 Å². The number of anilines is 1. The molecule has 0 atom stereocenters. The number of hydrogen-bond donors (Lipinski definition) is 1. The van der Waals surface area contributed by atoms with Crippen LogP contribution in [0, 0.1) is 0 Å². The molecule has 1 N–H and O–H groups in total. The van der Waals surface area contributed by atoms with Gasteiger partial charge in [0.15, 0.2) is 0 Å². The van der Waals surface area contributed by atoms with Crippen molar-refractivity contribution in [1.82, 2.24) is 9.80 Å². The van der Waals surface area contributed by atoms with Gasteiger partial charge in [0.05, 0.1) is 23.3 Å². The lowest BCUT2D eigenvalue weighted by Crippen LogP contribution is -2.40. The van der Waals surface area contributed by atoms with E-state index in [1.54, 1.807) is 18.2 Å². The van der Waals surface area contributed by atoms with Crippen molar-refractivity contribution in [2.75, 3.05) is 44.7 Å². The first-order chi connectivity index (χ1) is 17.6. The van der Waals surface area contributed by atoms with Gasteiger partial charge in [-0.3, -0.25) is 4.90 Å². The molecule has 2 amide bonds. The van der Waals surface area contributed by atoms with Gasteiger partial charge < -0.3 is 19.7 Å². The summed E-state index contributed by atoms with van der Waals surface area (Å²) in [5, 5.41) is 3.81. The fourth-order valence-electron chi connectivity index (χ4n) is 3.99. The molecule has 0 aromatic heterocycles. The second-order valence-corrected chi connectivity index (χ2v) is 9.52. The molecule has 1 saturated heterocycles. The molecule has 0 saturated carbocycles. The van der Waals surface area contributed by atoms with E-state index in [0.717, 1.165) is 56.1 Å². The van der Waals surface area contributed by atoms with Crippen LogP contribution in [0.4, 0.5) is 10.5 Å². The Bertz CT molecular complexity index is 1110. The average molecular weight is 528 g/mol. The van der Waals surface area contributed by atoms with Gasteiger partial charge in [0.1, 0.15) is 12.4 Å². The van der Waals surface area contributed by atoms with Crippen molar-refractivity contribution < 1.29 is 14.3 Å². The first-order valence-corrected chi connectivity index (χ1v) is 12.9. The molecule has 0 spiro atoms. The Morgan fingerprint density at radius 2 is 1.69 bits per heavy atom. The fraction of sp³-hybridized carbons (Fsp3) is 0.321. The van der Waals surface area contributed by atoms with Gasteiger partial charge in [-0.2, -0.15) is 0 Å². The molecule has 1 fully saturated rings. The molecule has 3 aromatic carbocycles. The van der Waals surface area contributed by atoms with Crippen molar-refractivity contribution in [2.45, 2.75) is 19.6 Å². The maximum absolute atomic E-state index is 13.2. The van der Waals surface area contributed by atoms with Crippen LogP contribution in [0.2, 0.25) is 10.0 Å². The summed E-state index contributed by atoms with van der Waals surface area (Å²) < 4.78 is 11.3. The van der Waals surface area contributed by atoms with Crippen molar-refractivity contribution in [3.05, 3.63) is 94.0 Å². The predicted octanol–water partition coefficient (Wildman–Crippen LogP) is 6.33. The highest BCUT2D eigenvalue weighted by molar-refractivity contribution is 6.42. The molecular weight excluding hydrogens is 497 g/mol. The summed E-state index contributed by atoms with van der Waals surface area (Å²) in [5.74, 6) is 0.793. The maximum atomic E-state index is 13.2. The number of morpholine rings is 1. The molecule has 1 aliphatic heterocycles. The van der Waals surface area contributed by atoms with Crippen LogP contribution in [-0.4, -0.2) is 55.2 Å². The predicted molar refractivity (Wildman–Crippen MR) is 145 cm³/mol. The lowest BCUT2D eigenvalue weighted by Gasteiger charge is -2.28. The molecule has 4 rings (SSSR count). The molecule has 36 heavy (non-hydrogen) atoms. The Hall–Kier alpha value is -2.77. The molecule has 6 nitrogen and oxygen atoms in total. The summed E-state index contributed by atoms with van der Waals surface area (Å²) in [5.41, 5.74) is 2.75. The third kappa shape index (κ3) is 8.14. The SMILES string of the molecule is O=C(Nc1ccc(Cl)c(Cl)c1)N(CCCN1CCOCC1)Cc1ccc(OCc2ccccc2)cc1. The number of nitrogens with zero attached hydrogens (tertiary/aromatic N) is 2. The lowest BCUT2D eigenvalue weighted by molar-refractivity contribution is 0.0365. The number of ether oxygens (including phenoxy) is 2. The monoisotopic (exact) mass is 527 g/mol. The number of rotatable bonds is 10. The smallest absolute Gasteiger partial charge is 0.322 e. The van der Waals surface area contributed by atoms with Crippen LogP contribution in [0.15, 0.2) is 72.8 Å². The minimum Gasteiger partial charge on any atom is -0.489 e. The van der Waals surface area contributed by atoms with Crippen LogP contribution in [-0.2, 0) is 17.9 Å². The van der Waals surface area contributed by atoms with Crippen LogP contribution in [0.5, 0.6) is 5.75 Å². The van der Waals surface area contributed by atoms with E-state index in [2.05, 4.69) is 10.2 Å². The molecule has 0 unspecified atom stereocenters. The summed E-state index contributed by atoms with van der Waals surface area (Å²) in [7, 11) is 0. The van der Waals surface area contributed by atoms with Crippen LogP contribution in [0.1, 0.15) is 17.5 Å². The van der Waals surface area contributed by atoms with Crippen LogP contribution >= 0.6 is 23.2 Å². The van der Waals surface area contributed by atoms with Crippen molar-refractivity contribution in [3.8, 4) is 5.75 Å². The fourth-order valence-corrected chi connectivity index (χ4v) is 4.29. The van der Waals surface area contributed by atoms with Gasteiger partial charge in [0, 0.05) is 38.4 Å². The second-order valence-electron chi connectivity index (χ2n) is 8.71. The van der Waals surface area contributed by atoms with E-state index in [1.807, 2.05) is 59.5 Å². The van der Waals surface area contributed by atoms with E-state index in [1.165, 1.54) is 0 Å². The number of urea groups is 1. The summed E-state index contributed by atoms with van der Waals surface area (Å²) >= 11 is 12.2. The third-order valence-electron chi connectivity index (χ3n) is 6.01. The molecule has 1 aliphatic rings. The van der Waals surface area contributed by atoms with Gasteiger partial charge in [-0.05, 0) is 47.9 Å². The zero-order chi connectivity index (χ0) is 25.2. The highest BCUT2D eigenvalue weighted by Gasteiger charge is 2.17. The van der Waals surface area contributed by atoms with E-state index < -0.39 is 0 Å². The number of carbonyl (C=O) groups is 1. The van der Waals surface area contributed by atoms with E-state index in [9.17, 15) is 4.79 Å².